The largest absolute Gasteiger partial charge is 0.392 e. The van der Waals surface area contributed by atoms with Crippen LogP contribution in [0.2, 0.25) is 0 Å². The lowest BCUT2D eigenvalue weighted by molar-refractivity contribution is 0.171. The summed E-state index contributed by atoms with van der Waals surface area (Å²) >= 11 is 1.28. The summed E-state index contributed by atoms with van der Waals surface area (Å²) in [5.41, 5.74) is 0. The van der Waals surface area contributed by atoms with E-state index in [9.17, 15) is 13.5 Å². The molecule has 1 aromatic rings. The van der Waals surface area contributed by atoms with Crippen molar-refractivity contribution in [1.82, 2.24) is 4.31 Å². The average Bonchev–Trinajstić information content (AvgIpc) is 2.65. The molecule has 1 rings (SSSR count). The van der Waals surface area contributed by atoms with Crippen molar-refractivity contribution < 1.29 is 13.5 Å². The Morgan fingerprint density at radius 3 is 2.56 bits per heavy atom. The van der Waals surface area contributed by atoms with Crippen LogP contribution in [0, 0.1) is 0 Å². The number of aliphatic hydroxyl groups is 1. The van der Waals surface area contributed by atoms with E-state index < -0.39 is 16.1 Å². The number of hydrogen-bond donors (Lipinski definition) is 1. The number of hydrogen-bond acceptors (Lipinski definition) is 4. The maximum absolute atomic E-state index is 12.0. The molecule has 1 heterocycles. The van der Waals surface area contributed by atoms with E-state index in [1.54, 1.807) is 13.0 Å². The highest BCUT2D eigenvalue weighted by Crippen LogP contribution is 2.24. The molecule has 4 nitrogen and oxygen atoms in total. The van der Waals surface area contributed by atoms with Gasteiger partial charge < -0.3 is 5.11 Å². The summed E-state index contributed by atoms with van der Waals surface area (Å²) in [6.45, 7) is 3.67. The Bertz CT molecular complexity index is 437. The van der Waals surface area contributed by atoms with E-state index in [1.807, 2.05) is 13.0 Å². The zero-order valence-electron chi connectivity index (χ0n) is 9.67. The first-order chi connectivity index (χ1) is 7.37. The van der Waals surface area contributed by atoms with E-state index in [0.717, 1.165) is 11.3 Å². The second-order valence-electron chi connectivity index (χ2n) is 3.71. The Morgan fingerprint density at radius 2 is 2.12 bits per heavy atom. The minimum absolute atomic E-state index is 0.113. The number of aliphatic hydroxyl groups excluding tert-OH is 1. The van der Waals surface area contributed by atoms with Gasteiger partial charge in [0.05, 0.1) is 6.10 Å². The van der Waals surface area contributed by atoms with Crippen LogP contribution >= 0.6 is 11.3 Å². The fourth-order valence-corrected chi connectivity index (χ4v) is 4.07. The highest BCUT2D eigenvalue weighted by molar-refractivity contribution is 7.91. The fraction of sp³-hybridized carbons (Fsp3) is 0.600. The number of sulfonamides is 1. The molecule has 1 atom stereocenters. The monoisotopic (exact) mass is 263 g/mol. The molecule has 6 heteroatoms. The normalized spacial score (nSPS) is 14.3. The molecule has 1 aromatic heterocycles. The van der Waals surface area contributed by atoms with Gasteiger partial charge in [-0.15, -0.1) is 11.3 Å². The first kappa shape index (κ1) is 13.6. The molecular weight excluding hydrogens is 246 g/mol. The molecule has 0 aliphatic heterocycles. The molecule has 92 valence electrons. The predicted molar refractivity (Wildman–Crippen MR) is 65.2 cm³/mol. The first-order valence-electron chi connectivity index (χ1n) is 5.11. The third kappa shape index (κ3) is 3.04. The summed E-state index contributed by atoms with van der Waals surface area (Å²) in [5.74, 6) is 0. The Morgan fingerprint density at radius 1 is 1.50 bits per heavy atom. The van der Waals surface area contributed by atoms with Crippen LogP contribution in [-0.2, 0) is 16.4 Å². The van der Waals surface area contributed by atoms with Gasteiger partial charge in [0.15, 0.2) is 0 Å². The molecule has 0 radical (unpaired) electrons. The van der Waals surface area contributed by atoms with E-state index in [-0.39, 0.29) is 6.54 Å². The van der Waals surface area contributed by atoms with Gasteiger partial charge in [0.1, 0.15) is 4.21 Å². The second kappa shape index (κ2) is 5.27. The van der Waals surface area contributed by atoms with Gasteiger partial charge in [0, 0.05) is 18.5 Å². The quantitative estimate of drug-likeness (QED) is 0.871. The summed E-state index contributed by atoms with van der Waals surface area (Å²) in [7, 11) is -1.95. The van der Waals surface area contributed by atoms with Crippen molar-refractivity contribution in [3.63, 3.8) is 0 Å². The molecule has 0 aromatic carbocycles. The van der Waals surface area contributed by atoms with Crippen molar-refractivity contribution in [3.05, 3.63) is 17.0 Å². The molecule has 0 bridgehead atoms. The highest BCUT2D eigenvalue weighted by atomic mass is 32.2. The fourth-order valence-electron chi connectivity index (χ4n) is 1.31. The van der Waals surface area contributed by atoms with E-state index in [4.69, 9.17) is 0 Å². The topological polar surface area (TPSA) is 57.6 Å². The van der Waals surface area contributed by atoms with Gasteiger partial charge in [0.25, 0.3) is 10.0 Å². The number of nitrogens with zero attached hydrogens (tertiary/aromatic N) is 1. The van der Waals surface area contributed by atoms with Gasteiger partial charge in [-0.05, 0) is 25.5 Å². The van der Waals surface area contributed by atoms with Gasteiger partial charge >= 0.3 is 0 Å². The molecular formula is C10H17NO3S2. The first-order valence-corrected chi connectivity index (χ1v) is 7.36. The highest BCUT2D eigenvalue weighted by Gasteiger charge is 2.23. The Labute approximate surface area is 101 Å². The van der Waals surface area contributed by atoms with Crippen LogP contribution in [0.5, 0.6) is 0 Å². The maximum Gasteiger partial charge on any atom is 0.252 e. The summed E-state index contributed by atoms with van der Waals surface area (Å²) in [6.07, 6.45) is 0.172. The van der Waals surface area contributed by atoms with Gasteiger partial charge in [0.2, 0.25) is 0 Å². The van der Waals surface area contributed by atoms with E-state index in [1.165, 1.54) is 22.7 Å². The van der Waals surface area contributed by atoms with Crippen molar-refractivity contribution in [2.75, 3.05) is 13.6 Å². The summed E-state index contributed by atoms with van der Waals surface area (Å²) in [6, 6.07) is 3.45. The maximum atomic E-state index is 12.0. The summed E-state index contributed by atoms with van der Waals surface area (Å²) in [5, 5.41) is 9.18. The Kier molecular flexibility index (Phi) is 4.49. The molecule has 16 heavy (non-hydrogen) atoms. The number of thiophene rings is 1. The molecule has 1 N–H and O–H groups in total. The predicted octanol–water partition coefficient (Wildman–Crippen LogP) is 1.31. The molecule has 0 aliphatic carbocycles. The lowest BCUT2D eigenvalue weighted by atomic mass is 10.4. The SMILES string of the molecule is CCc1ccc(S(=O)(=O)N(C)CC(C)O)s1. The van der Waals surface area contributed by atoms with Gasteiger partial charge in [-0.2, -0.15) is 4.31 Å². The minimum atomic E-state index is -3.43. The summed E-state index contributed by atoms with van der Waals surface area (Å²) in [4.78, 5) is 1.05. The van der Waals surface area contributed by atoms with E-state index in [2.05, 4.69) is 0 Å². The van der Waals surface area contributed by atoms with Crippen molar-refractivity contribution in [2.45, 2.75) is 30.6 Å². The standard InChI is InChI=1S/C10H17NO3S2/c1-4-9-5-6-10(15-9)16(13,14)11(3)7-8(2)12/h5-6,8,12H,4,7H2,1-3H3. The Hall–Kier alpha value is -0.430. The van der Waals surface area contributed by atoms with Crippen LogP contribution in [0.1, 0.15) is 18.7 Å². The number of rotatable bonds is 5. The zero-order chi connectivity index (χ0) is 12.3. The van der Waals surface area contributed by atoms with Crippen LogP contribution in [-0.4, -0.2) is 37.5 Å². The minimum Gasteiger partial charge on any atom is -0.392 e. The third-order valence-corrected chi connectivity index (χ3v) is 5.69. The van der Waals surface area contributed by atoms with Gasteiger partial charge in [-0.3, -0.25) is 0 Å². The molecule has 0 fully saturated rings. The average molecular weight is 263 g/mol. The van der Waals surface area contributed by atoms with Crippen molar-refractivity contribution in [1.29, 1.82) is 0 Å². The molecule has 0 saturated carbocycles. The van der Waals surface area contributed by atoms with Crippen LogP contribution < -0.4 is 0 Å². The van der Waals surface area contributed by atoms with Crippen LogP contribution in [0.4, 0.5) is 0 Å². The van der Waals surface area contributed by atoms with E-state index in [0.29, 0.717) is 4.21 Å². The van der Waals surface area contributed by atoms with Crippen molar-refractivity contribution in [2.24, 2.45) is 0 Å². The Balaban J connectivity index is 2.92. The van der Waals surface area contributed by atoms with Crippen LogP contribution in [0.25, 0.3) is 0 Å². The number of likely N-dealkylation sites (N-methyl/N-ethyl adjacent to an activating group) is 1. The third-order valence-electron chi connectivity index (χ3n) is 2.17. The van der Waals surface area contributed by atoms with Gasteiger partial charge in [-0.25, -0.2) is 8.42 Å². The van der Waals surface area contributed by atoms with Gasteiger partial charge in [-0.1, -0.05) is 6.92 Å². The molecule has 0 aliphatic rings. The molecule has 0 spiro atoms. The van der Waals surface area contributed by atoms with Crippen molar-refractivity contribution in [3.8, 4) is 0 Å². The van der Waals surface area contributed by atoms with Crippen molar-refractivity contribution >= 4 is 21.4 Å². The van der Waals surface area contributed by atoms with Crippen LogP contribution in [0.3, 0.4) is 0 Å². The smallest absolute Gasteiger partial charge is 0.252 e. The number of aryl methyl sites for hydroxylation is 1. The second-order valence-corrected chi connectivity index (χ2v) is 7.15. The molecule has 0 saturated heterocycles. The van der Waals surface area contributed by atoms with Crippen LogP contribution in [0.15, 0.2) is 16.3 Å². The molecule has 1 unspecified atom stereocenters. The zero-order valence-corrected chi connectivity index (χ0v) is 11.3. The van der Waals surface area contributed by atoms with E-state index >= 15 is 0 Å². The lowest BCUT2D eigenvalue weighted by Crippen LogP contribution is -2.32. The lowest BCUT2D eigenvalue weighted by Gasteiger charge is -2.17. The molecule has 0 amide bonds. The summed E-state index contributed by atoms with van der Waals surface area (Å²) < 4.78 is 25.6.